The fourth-order valence-corrected chi connectivity index (χ4v) is 6.65. The number of nitrogens with zero attached hydrogens (tertiary/aromatic N) is 2. The van der Waals surface area contributed by atoms with E-state index in [1.165, 1.54) is 54.6 Å². The standard InChI is InChI=1S/C41H30N2/c1-3-13-38-35(4-2)36-22-23-39-37(27-40(28-14-7-5-8-15-28)42(39)33-18-9-6-10-19-33)41(36)43(38)34-21-20-31-24-29-16-11-12-17-30(29)25-32(31)26-34/h3-27H,2H2,1H3/b13-3-. The molecule has 0 atom stereocenters. The molecule has 0 radical (unpaired) electrons. The Morgan fingerprint density at radius 3 is 1.95 bits per heavy atom. The van der Waals surface area contributed by atoms with E-state index in [-0.39, 0.29) is 0 Å². The van der Waals surface area contributed by atoms with Gasteiger partial charge >= 0.3 is 0 Å². The molecule has 43 heavy (non-hydrogen) atoms. The van der Waals surface area contributed by atoms with E-state index in [1.54, 1.807) is 0 Å². The molecule has 0 aliphatic rings. The molecule has 2 aromatic heterocycles. The van der Waals surface area contributed by atoms with Crippen LogP contribution in [-0.2, 0) is 0 Å². The lowest BCUT2D eigenvalue weighted by molar-refractivity contribution is 1.11. The van der Waals surface area contributed by atoms with Crippen molar-refractivity contribution in [3.05, 3.63) is 157 Å². The van der Waals surface area contributed by atoms with Crippen molar-refractivity contribution in [1.29, 1.82) is 0 Å². The zero-order valence-corrected chi connectivity index (χ0v) is 24.0. The van der Waals surface area contributed by atoms with Crippen molar-refractivity contribution in [2.45, 2.75) is 6.92 Å². The minimum Gasteiger partial charge on any atom is -0.309 e. The van der Waals surface area contributed by atoms with Crippen LogP contribution in [0.5, 0.6) is 0 Å². The Hall–Kier alpha value is -5.60. The molecule has 2 heteroatoms. The summed E-state index contributed by atoms with van der Waals surface area (Å²) < 4.78 is 4.81. The summed E-state index contributed by atoms with van der Waals surface area (Å²) in [5, 5.41) is 7.37. The minimum absolute atomic E-state index is 1.13. The maximum atomic E-state index is 4.26. The Labute approximate surface area is 251 Å². The number of hydrogen-bond acceptors (Lipinski definition) is 0. The summed E-state index contributed by atoms with van der Waals surface area (Å²) in [6, 6.07) is 48.2. The second-order valence-corrected chi connectivity index (χ2v) is 11.0. The molecule has 0 amide bonds. The van der Waals surface area contributed by atoms with Crippen LogP contribution in [0.25, 0.3) is 78.1 Å². The lowest BCUT2D eigenvalue weighted by Gasteiger charge is -2.13. The molecule has 0 unspecified atom stereocenters. The van der Waals surface area contributed by atoms with Crippen LogP contribution in [0.4, 0.5) is 0 Å². The first-order valence-electron chi connectivity index (χ1n) is 14.8. The summed E-state index contributed by atoms with van der Waals surface area (Å²) in [5.41, 5.74) is 9.26. The lowest BCUT2D eigenvalue weighted by Crippen LogP contribution is -1.98. The Morgan fingerprint density at radius 1 is 0.558 bits per heavy atom. The van der Waals surface area contributed by atoms with E-state index in [2.05, 4.69) is 168 Å². The number of hydrogen-bond donors (Lipinski definition) is 0. The molecule has 8 rings (SSSR count). The third-order valence-corrected chi connectivity index (χ3v) is 8.55. The molecule has 0 N–H and O–H groups in total. The van der Waals surface area contributed by atoms with E-state index in [0.29, 0.717) is 0 Å². The van der Waals surface area contributed by atoms with Gasteiger partial charge < -0.3 is 9.13 Å². The molecule has 0 aliphatic heterocycles. The maximum absolute atomic E-state index is 4.26. The number of rotatable bonds is 5. The molecule has 2 heterocycles. The quantitative estimate of drug-likeness (QED) is 0.189. The third-order valence-electron chi connectivity index (χ3n) is 8.55. The fraction of sp³-hybridized carbons (Fsp3) is 0.0244. The predicted molar refractivity (Wildman–Crippen MR) is 185 cm³/mol. The first-order chi connectivity index (χ1) is 21.2. The summed E-state index contributed by atoms with van der Waals surface area (Å²) in [5.74, 6) is 0. The molecule has 2 nitrogen and oxygen atoms in total. The van der Waals surface area contributed by atoms with Gasteiger partial charge in [0.05, 0.1) is 22.4 Å². The molecule has 204 valence electrons. The largest absolute Gasteiger partial charge is 0.309 e. The van der Waals surface area contributed by atoms with Gasteiger partial charge in [0.25, 0.3) is 0 Å². The normalized spacial score (nSPS) is 11.8. The smallest absolute Gasteiger partial charge is 0.0635 e. The van der Waals surface area contributed by atoms with Crippen LogP contribution in [0.15, 0.2) is 146 Å². The highest BCUT2D eigenvalue weighted by Crippen LogP contribution is 2.41. The molecule has 0 fully saturated rings. The van der Waals surface area contributed by atoms with Crippen LogP contribution in [0, 0.1) is 0 Å². The van der Waals surface area contributed by atoms with Crippen LogP contribution in [0.3, 0.4) is 0 Å². The molecule has 0 saturated carbocycles. The van der Waals surface area contributed by atoms with Gasteiger partial charge in [-0.15, -0.1) is 0 Å². The van der Waals surface area contributed by atoms with E-state index in [0.717, 1.165) is 22.6 Å². The molecule has 6 aromatic carbocycles. The highest BCUT2D eigenvalue weighted by Gasteiger charge is 2.21. The maximum Gasteiger partial charge on any atom is 0.0635 e. The molecule has 8 aromatic rings. The number of allylic oxidation sites excluding steroid dienone is 1. The molecule has 0 spiro atoms. The topological polar surface area (TPSA) is 9.86 Å². The average molecular weight is 551 g/mol. The fourth-order valence-electron chi connectivity index (χ4n) is 6.65. The number of aromatic nitrogens is 2. The van der Waals surface area contributed by atoms with Gasteiger partial charge in [-0.3, -0.25) is 0 Å². The Morgan fingerprint density at radius 2 is 1.23 bits per heavy atom. The summed E-state index contributed by atoms with van der Waals surface area (Å²) >= 11 is 0. The van der Waals surface area contributed by atoms with Gasteiger partial charge in [0, 0.05) is 27.7 Å². The summed E-state index contributed by atoms with van der Waals surface area (Å²) in [6.45, 7) is 6.34. The average Bonchev–Trinajstić information content (AvgIpc) is 3.60. The van der Waals surface area contributed by atoms with E-state index in [9.17, 15) is 0 Å². The predicted octanol–water partition coefficient (Wildman–Crippen LogP) is 11.2. The van der Waals surface area contributed by atoms with E-state index >= 15 is 0 Å². The summed E-state index contributed by atoms with van der Waals surface area (Å²) in [4.78, 5) is 0. The van der Waals surface area contributed by atoms with E-state index in [1.807, 2.05) is 6.08 Å². The summed E-state index contributed by atoms with van der Waals surface area (Å²) in [7, 11) is 0. The van der Waals surface area contributed by atoms with Crippen molar-refractivity contribution >= 4 is 55.5 Å². The zero-order chi connectivity index (χ0) is 28.9. The highest BCUT2D eigenvalue weighted by atomic mass is 15.0. The van der Waals surface area contributed by atoms with Crippen molar-refractivity contribution in [2.75, 3.05) is 0 Å². The summed E-state index contributed by atoms with van der Waals surface area (Å²) in [6.07, 6.45) is 6.33. The second kappa shape index (κ2) is 10.0. The van der Waals surface area contributed by atoms with Crippen LogP contribution >= 0.6 is 0 Å². The molecular formula is C41H30N2. The van der Waals surface area contributed by atoms with Gasteiger partial charge in [-0.25, -0.2) is 0 Å². The molecule has 0 saturated heterocycles. The van der Waals surface area contributed by atoms with Crippen molar-refractivity contribution < 1.29 is 0 Å². The first kappa shape index (κ1) is 25.1. The van der Waals surface area contributed by atoms with Gasteiger partial charge in [-0.2, -0.15) is 0 Å². The van der Waals surface area contributed by atoms with Crippen molar-refractivity contribution in [2.24, 2.45) is 0 Å². The number of benzene rings is 6. The second-order valence-electron chi connectivity index (χ2n) is 11.0. The van der Waals surface area contributed by atoms with Gasteiger partial charge in [0.15, 0.2) is 0 Å². The first-order valence-corrected chi connectivity index (χ1v) is 14.8. The highest BCUT2D eigenvalue weighted by molar-refractivity contribution is 6.12. The zero-order valence-electron chi connectivity index (χ0n) is 24.0. The number of para-hydroxylation sites is 1. The lowest BCUT2D eigenvalue weighted by atomic mass is 10.0. The van der Waals surface area contributed by atoms with Gasteiger partial charge in [-0.05, 0) is 88.6 Å². The molecule has 0 bridgehead atoms. The molecule has 0 aliphatic carbocycles. The van der Waals surface area contributed by atoms with E-state index in [4.69, 9.17) is 0 Å². The number of fused-ring (bicyclic) bond motifs is 5. The van der Waals surface area contributed by atoms with Crippen molar-refractivity contribution in [1.82, 2.24) is 9.13 Å². The Kier molecular flexibility index (Phi) is 5.87. The molecular weight excluding hydrogens is 520 g/mol. The third kappa shape index (κ3) is 3.95. The monoisotopic (exact) mass is 550 g/mol. The minimum atomic E-state index is 1.13. The SMILES string of the molecule is C=Cc1c(/C=C\C)n(-c2ccc3cc4ccccc4cc3c2)c2c1ccc1c2cc(-c2ccccc2)n1-c1ccccc1. The van der Waals surface area contributed by atoms with Crippen molar-refractivity contribution in [3.63, 3.8) is 0 Å². The van der Waals surface area contributed by atoms with Gasteiger partial charge in [0.1, 0.15) is 0 Å². The van der Waals surface area contributed by atoms with Crippen LogP contribution in [-0.4, -0.2) is 9.13 Å². The van der Waals surface area contributed by atoms with E-state index < -0.39 is 0 Å². The van der Waals surface area contributed by atoms with Crippen LogP contribution < -0.4 is 0 Å². The van der Waals surface area contributed by atoms with Gasteiger partial charge in [0.2, 0.25) is 0 Å². The van der Waals surface area contributed by atoms with Crippen molar-refractivity contribution in [3.8, 4) is 22.6 Å². The van der Waals surface area contributed by atoms with Crippen LogP contribution in [0.2, 0.25) is 0 Å². The Bertz CT molecular complexity index is 2350. The van der Waals surface area contributed by atoms with Crippen LogP contribution in [0.1, 0.15) is 18.2 Å². The van der Waals surface area contributed by atoms with Gasteiger partial charge in [-0.1, -0.05) is 104 Å². The Balaban J connectivity index is 1.50.